The van der Waals surface area contributed by atoms with Crippen molar-refractivity contribution in [1.29, 1.82) is 0 Å². The number of anilines is 1. The number of rotatable bonds is 4. The Morgan fingerprint density at radius 1 is 1.00 bits per heavy atom. The van der Waals surface area contributed by atoms with Gasteiger partial charge in [-0.3, -0.25) is 4.79 Å². The van der Waals surface area contributed by atoms with Crippen LogP contribution in [0, 0.1) is 13.8 Å². The Bertz CT molecular complexity index is 1160. The molecule has 6 heteroatoms. The molecule has 1 heterocycles. The lowest BCUT2D eigenvalue weighted by Gasteiger charge is -2.24. The number of nitrogens with zero attached hydrogens (tertiary/aromatic N) is 1. The molecular weight excluding hydrogens is 384 g/mol. The van der Waals surface area contributed by atoms with E-state index in [9.17, 15) is 13.2 Å². The molecule has 3 aromatic rings. The van der Waals surface area contributed by atoms with Gasteiger partial charge in [0.25, 0.3) is 0 Å². The van der Waals surface area contributed by atoms with Gasteiger partial charge in [-0.15, -0.1) is 0 Å². The maximum absolute atomic E-state index is 13.5. The first-order chi connectivity index (χ1) is 13.9. The summed E-state index contributed by atoms with van der Waals surface area (Å²) < 4.78 is 28.3. The number of fused-ring (bicyclic) bond motifs is 1. The van der Waals surface area contributed by atoms with E-state index in [-0.39, 0.29) is 10.8 Å². The van der Waals surface area contributed by atoms with Crippen LogP contribution in [-0.4, -0.2) is 31.2 Å². The zero-order chi connectivity index (χ0) is 20.6. The van der Waals surface area contributed by atoms with Crippen molar-refractivity contribution in [2.75, 3.05) is 11.9 Å². The van der Waals surface area contributed by atoms with Gasteiger partial charge in [-0.2, -0.15) is 4.31 Å². The Morgan fingerprint density at radius 3 is 2.45 bits per heavy atom. The van der Waals surface area contributed by atoms with Crippen molar-refractivity contribution in [1.82, 2.24) is 4.31 Å². The SMILES string of the molecule is Cc1cc(C)cc(NC(=O)[C@@H]2CCCN2S(=O)(=O)c2cccc3ccccc23)c1. The molecule has 0 spiro atoms. The lowest BCUT2D eigenvalue weighted by Crippen LogP contribution is -2.43. The van der Waals surface area contributed by atoms with Gasteiger partial charge in [-0.05, 0) is 61.4 Å². The van der Waals surface area contributed by atoms with Crippen LogP contribution in [-0.2, 0) is 14.8 Å². The second-order valence-electron chi connectivity index (χ2n) is 7.62. The molecule has 4 rings (SSSR count). The summed E-state index contributed by atoms with van der Waals surface area (Å²) in [5, 5.41) is 4.45. The van der Waals surface area contributed by atoms with Gasteiger partial charge < -0.3 is 5.32 Å². The predicted octanol–water partition coefficient (Wildman–Crippen LogP) is 4.25. The highest BCUT2D eigenvalue weighted by molar-refractivity contribution is 7.89. The third kappa shape index (κ3) is 3.78. The van der Waals surface area contributed by atoms with Crippen LogP contribution in [0.25, 0.3) is 10.8 Å². The summed E-state index contributed by atoms with van der Waals surface area (Å²) in [5.41, 5.74) is 2.79. The van der Waals surface area contributed by atoms with Crippen molar-refractivity contribution in [3.8, 4) is 0 Å². The molecule has 3 aromatic carbocycles. The maximum atomic E-state index is 13.5. The topological polar surface area (TPSA) is 66.5 Å². The fourth-order valence-corrected chi connectivity index (χ4v) is 5.98. The Morgan fingerprint density at radius 2 is 1.69 bits per heavy atom. The van der Waals surface area contributed by atoms with E-state index in [0.29, 0.717) is 30.5 Å². The number of nitrogens with one attached hydrogen (secondary N) is 1. The lowest BCUT2D eigenvalue weighted by atomic mass is 10.1. The molecule has 1 aliphatic rings. The van der Waals surface area contributed by atoms with Crippen LogP contribution in [0.15, 0.2) is 65.6 Å². The van der Waals surface area contributed by atoms with Crippen molar-refractivity contribution in [3.05, 3.63) is 71.8 Å². The predicted molar refractivity (Wildman–Crippen MR) is 115 cm³/mol. The Labute approximate surface area is 171 Å². The number of hydrogen-bond acceptors (Lipinski definition) is 3. The third-order valence-electron chi connectivity index (χ3n) is 5.33. The summed E-state index contributed by atoms with van der Waals surface area (Å²) in [6, 6.07) is 17.8. The first-order valence-electron chi connectivity index (χ1n) is 9.75. The third-order valence-corrected chi connectivity index (χ3v) is 7.30. The standard InChI is InChI=1S/C23H24N2O3S/c1-16-13-17(2)15-19(14-16)24-23(26)21-10-6-12-25(21)29(27,28)22-11-5-8-18-7-3-4-9-20(18)22/h3-5,7-9,11,13-15,21H,6,10,12H2,1-2H3,(H,24,26)/t21-/m0/s1. The molecule has 0 unspecified atom stereocenters. The molecule has 1 saturated heterocycles. The molecule has 0 aromatic heterocycles. The molecule has 1 N–H and O–H groups in total. The van der Waals surface area contributed by atoms with Crippen LogP contribution in [0.1, 0.15) is 24.0 Å². The molecule has 1 amide bonds. The molecule has 0 bridgehead atoms. The van der Waals surface area contributed by atoms with E-state index in [4.69, 9.17) is 0 Å². The van der Waals surface area contributed by atoms with Crippen LogP contribution < -0.4 is 5.32 Å². The first kappa shape index (κ1) is 19.6. The van der Waals surface area contributed by atoms with E-state index in [1.54, 1.807) is 12.1 Å². The van der Waals surface area contributed by atoms with E-state index in [1.165, 1.54) is 4.31 Å². The van der Waals surface area contributed by atoms with Crippen LogP contribution in [0.5, 0.6) is 0 Å². The average molecular weight is 409 g/mol. The van der Waals surface area contributed by atoms with Gasteiger partial charge in [0, 0.05) is 17.6 Å². The van der Waals surface area contributed by atoms with Crippen molar-refractivity contribution >= 4 is 32.4 Å². The molecule has 1 fully saturated rings. The highest BCUT2D eigenvalue weighted by Gasteiger charge is 2.40. The fraction of sp³-hybridized carbons (Fsp3) is 0.261. The van der Waals surface area contributed by atoms with Crippen molar-refractivity contribution in [2.24, 2.45) is 0 Å². The van der Waals surface area contributed by atoms with Gasteiger partial charge >= 0.3 is 0 Å². The van der Waals surface area contributed by atoms with Gasteiger partial charge in [0.1, 0.15) is 6.04 Å². The molecule has 29 heavy (non-hydrogen) atoms. The summed E-state index contributed by atoms with van der Waals surface area (Å²) in [6.07, 6.45) is 1.18. The molecule has 0 radical (unpaired) electrons. The first-order valence-corrected chi connectivity index (χ1v) is 11.2. The van der Waals surface area contributed by atoms with Crippen LogP contribution in [0.2, 0.25) is 0 Å². The van der Waals surface area contributed by atoms with Crippen LogP contribution >= 0.6 is 0 Å². The van der Waals surface area contributed by atoms with Crippen molar-refractivity contribution in [3.63, 3.8) is 0 Å². The normalized spacial score (nSPS) is 17.5. The average Bonchev–Trinajstić information content (AvgIpc) is 3.17. The molecular formula is C23H24N2O3S. The zero-order valence-electron chi connectivity index (χ0n) is 16.6. The molecule has 150 valence electrons. The van der Waals surface area contributed by atoms with Gasteiger partial charge in [0.05, 0.1) is 4.90 Å². The monoisotopic (exact) mass is 408 g/mol. The second-order valence-corrected chi connectivity index (χ2v) is 9.48. The highest BCUT2D eigenvalue weighted by atomic mass is 32.2. The van der Waals surface area contributed by atoms with Crippen molar-refractivity contribution < 1.29 is 13.2 Å². The minimum absolute atomic E-state index is 0.252. The van der Waals surface area contributed by atoms with Gasteiger partial charge in [-0.25, -0.2) is 8.42 Å². The minimum Gasteiger partial charge on any atom is -0.325 e. The molecule has 5 nitrogen and oxygen atoms in total. The Kier molecular flexibility index (Phi) is 5.15. The second kappa shape index (κ2) is 7.61. The number of carbonyl (C=O) groups is 1. The summed E-state index contributed by atoms with van der Waals surface area (Å²) in [7, 11) is -3.80. The molecule has 1 aliphatic heterocycles. The van der Waals surface area contributed by atoms with E-state index in [2.05, 4.69) is 5.32 Å². The van der Waals surface area contributed by atoms with E-state index >= 15 is 0 Å². The summed E-state index contributed by atoms with van der Waals surface area (Å²) in [5.74, 6) is -0.281. The fourth-order valence-electron chi connectivity index (χ4n) is 4.11. The van der Waals surface area contributed by atoms with E-state index < -0.39 is 16.1 Å². The van der Waals surface area contributed by atoms with Gasteiger partial charge in [-0.1, -0.05) is 42.5 Å². The van der Waals surface area contributed by atoms with E-state index in [0.717, 1.165) is 16.5 Å². The molecule has 1 atom stereocenters. The number of hydrogen-bond donors (Lipinski definition) is 1. The van der Waals surface area contributed by atoms with Crippen LogP contribution in [0.3, 0.4) is 0 Å². The minimum atomic E-state index is -3.80. The lowest BCUT2D eigenvalue weighted by molar-refractivity contribution is -0.119. The number of aryl methyl sites for hydroxylation is 2. The Balaban J connectivity index is 1.65. The maximum Gasteiger partial charge on any atom is 0.244 e. The van der Waals surface area contributed by atoms with Gasteiger partial charge in [0.15, 0.2) is 0 Å². The summed E-state index contributed by atoms with van der Waals surface area (Å²) in [4.78, 5) is 13.2. The largest absolute Gasteiger partial charge is 0.325 e. The van der Waals surface area contributed by atoms with Crippen LogP contribution in [0.4, 0.5) is 5.69 Å². The zero-order valence-corrected chi connectivity index (χ0v) is 17.4. The Hall–Kier alpha value is -2.70. The number of amides is 1. The number of sulfonamides is 1. The van der Waals surface area contributed by atoms with Gasteiger partial charge in [0.2, 0.25) is 15.9 Å². The van der Waals surface area contributed by atoms with E-state index in [1.807, 2.05) is 62.4 Å². The highest BCUT2D eigenvalue weighted by Crippen LogP contribution is 2.31. The molecule has 0 saturated carbocycles. The smallest absolute Gasteiger partial charge is 0.244 e. The number of benzene rings is 3. The van der Waals surface area contributed by atoms with Crippen molar-refractivity contribution in [2.45, 2.75) is 37.6 Å². The molecule has 0 aliphatic carbocycles. The quantitative estimate of drug-likeness (QED) is 0.702. The number of carbonyl (C=O) groups excluding carboxylic acids is 1. The summed E-state index contributed by atoms with van der Waals surface area (Å²) in [6.45, 7) is 4.28. The summed E-state index contributed by atoms with van der Waals surface area (Å²) >= 11 is 0.